The second kappa shape index (κ2) is 4.60. The molecule has 0 radical (unpaired) electrons. The fraction of sp³-hybridized carbons (Fsp3) is 0.250. The number of carbonyl (C=O) groups is 3. The molecular formula is C12H13N3O4. The molecule has 0 bridgehead atoms. The molecule has 0 aromatic heterocycles. The van der Waals surface area contributed by atoms with Gasteiger partial charge in [0.1, 0.15) is 5.75 Å². The maximum absolute atomic E-state index is 11.7. The third kappa shape index (κ3) is 2.10. The zero-order chi connectivity index (χ0) is 14.2. The highest BCUT2D eigenvalue weighted by Crippen LogP contribution is 2.23. The molecule has 7 nitrogen and oxygen atoms in total. The second-order valence-corrected chi connectivity index (χ2v) is 4.11. The van der Waals surface area contributed by atoms with Gasteiger partial charge in [-0.05, 0) is 17.7 Å². The number of likely N-dealkylation sites (N-methyl/N-ethyl adjacent to an activating group) is 1. The molecule has 0 spiro atoms. The van der Waals surface area contributed by atoms with Gasteiger partial charge in [0, 0.05) is 7.05 Å². The number of carbonyl (C=O) groups excluding carboxylic acids is 3. The Morgan fingerprint density at radius 1 is 1.21 bits per heavy atom. The first-order chi connectivity index (χ1) is 8.95. The lowest BCUT2D eigenvalue weighted by molar-refractivity contribution is -0.143. The Morgan fingerprint density at radius 3 is 2.37 bits per heavy atom. The van der Waals surface area contributed by atoms with Crippen LogP contribution in [0.25, 0.3) is 0 Å². The Morgan fingerprint density at radius 2 is 1.89 bits per heavy atom. The lowest BCUT2D eigenvalue weighted by atomic mass is 10.2. The maximum atomic E-state index is 11.7. The number of hydrogen-bond donors (Lipinski definition) is 1. The maximum Gasteiger partial charge on any atom is 0.334 e. The third-order valence-electron chi connectivity index (χ3n) is 2.89. The summed E-state index contributed by atoms with van der Waals surface area (Å²) in [6, 6.07) is 4.28. The summed E-state index contributed by atoms with van der Waals surface area (Å²) in [6.45, 7) is 0.00193. The minimum atomic E-state index is -0.832. The SMILES string of the molecule is COc1ccc(CN2C(=O)C(=O)N(C)C2=O)cc1N. The van der Waals surface area contributed by atoms with Crippen molar-refractivity contribution in [1.82, 2.24) is 9.80 Å². The fourth-order valence-corrected chi connectivity index (χ4v) is 1.82. The number of rotatable bonds is 3. The summed E-state index contributed by atoms with van der Waals surface area (Å²) < 4.78 is 5.01. The number of nitrogens with two attached hydrogens (primary N) is 1. The first kappa shape index (κ1) is 12.9. The average molecular weight is 263 g/mol. The van der Waals surface area contributed by atoms with E-state index in [0.29, 0.717) is 17.0 Å². The van der Waals surface area contributed by atoms with Gasteiger partial charge in [0.2, 0.25) is 0 Å². The number of anilines is 1. The molecule has 1 saturated heterocycles. The fourth-order valence-electron chi connectivity index (χ4n) is 1.82. The van der Waals surface area contributed by atoms with Crippen LogP contribution in [0, 0.1) is 0 Å². The highest BCUT2D eigenvalue weighted by molar-refractivity contribution is 6.44. The average Bonchev–Trinajstić information content (AvgIpc) is 2.57. The van der Waals surface area contributed by atoms with Gasteiger partial charge in [0.15, 0.2) is 0 Å². The summed E-state index contributed by atoms with van der Waals surface area (Å²) in [6.07, 6.45) is 0. The van der Waals surface area contributed by atoms with E-state index in [-0.39, 0.29) is 6.54 Å². The number of benzene rings is 1. The van der Waals surface area contributed by atoms with Gasteiger partial charge in [-0.3, -0.25) is 19.4 Å². The number of ether oxygens (including phenoxy) is 1. The van der Waals surface area contributed by atoms with Crippen molar-refractivity contribution in [3.63, 3.8) is 0 Å². The van der Waals surface area contributed by atoms with Crippen molar-refractivity contribution in [2.24, 2.45) is 0 Å². The Balaban J connectivity index is 2.22. The summed E-state index contributed by atoms with van der Waals surface area (Å²) >= 11 is 0. The summed E-state index contributed by atoms with van der Waals surface area (Å²) in [5.41, 5.74) is 6.78. The number of methoxy groups -OCH3 is 1. The molecule has 0 atom stereocenters. The van der Waals surface area contributed by atoms with E-state index in [1.165, 1.54) is 14.2 Å². The Labute approximate surface area is 109 Å². The van der Waals surface area contributed by atoms with Crippen LogP contribution in [-0.2, 0) is 16.1 Å². The largest absolute Gasteiger partial charge is 0.495 e. The molecular weight excluding hydrogens is 250 g/mol. The molecule has 100 valence electrons. The molecule has 2 rings (SSSR count). The zero-order valence-corrected chi connectivity index (χ0v) is 10.5. The van der Waals surface area contributed by atoms with E-state index in [2.05, 4.69) is 0 Å². The minimum Gasteiger partial charge on any atom is -0.495 e. The summed E-state index contributed by atoms with van der Waals surface area (Å²) in [4.78, 5) is 36.3. The highest BCUT2D eigenvalue weighted by Gasteiger charge is 2.41. The minimum absolute atomic E-state index is 0.00193. The van der Waals surface area contributed by atoms with E-state index in [9.17, 15) is 14.4 Å². The van der Waals surface area contributed by atoms with Gasteiger partial charge in [-0.1, -0.05) is 6.07 Å². The van der Waals surface area contributed by atoms with Crippen molar-refractivity contribution in [3.8, 4) is 5.75 Å². The number of nitrogen functional groups attached to an aromatic ring is 1. The van der Waals surface area contributed by atoms with Gasteiger partial charge in [-0.15, -0.1) is 0 Å². The molecule has 1 aliphatic heterocycles. The number of urea groups is 1. The van der Waals surface area contributed by atoms with Crippen LogP contribution >= 0.6 is 0 Å². The van der Waals surface area contributed by atoms with Crippen LogP contribution in [0.4, 0.5) is 10.5 Å². The van der Waals surface area contributed by atoms with Crippen LogP contribution in [-0.4, -0.2) is 41.8 Å². The molecule has 0 unspecified atom stereocenters. The molecule has 1 aromatic rings. The van der Waals surface area contributed by atoms with Crippen molar-refractivity contribution in [3.05, 3.63) is 23.8 Å². The van der Waals surface area contributed by atoms with Crippen molar-refractivity contribution in [2.75, 3.05) is 19.9 Å². The van der Waals surface area contributed by atoms with Gasteiger partial charge in [0.05, 0.1) is 19.3 Å². The number of hydrogen-bond acceptors (Lipinski definition) is 5. The molecule has 1 aliphatic rings. The molecule has 19 heavy (non-hydrogen) atoms. The Kier molecular flexibility index (Phi) is 3.12. The molecule has 7 heteroatoms. The topological polar surface area (TPSA) is 92.9 Å². The monoisotopic (exact) mass is 263 g/mol. The number of imide groups is 2. The molecule has 0 saturated carbocycles. The standard InChI is InChI=1S/C12H13N3O4/c1-14-10(16)11(17)15(12(14)18)6-7-3-4-9(19-2)8(13)5-7/h3-5H,6,13H2,1-2H3. The smallest absolute Gasteiger partial charge is 0.334 e. The van der Waals surface area contributed by atoms with Gasteiger partial charge in [0.25, 0.3) is 0 Å². The molecule has 1 aromatic carbocycles. The van der Waals surface area contributed by atoms with Gasteiger partial charge in [-0.2, -0.15) is 0 Å². The second-order valence-electron chi connectivity index (χ2n) is 4.11. The van der Waals surface area contributed by atoms with Crippen LogP contribution in [0.5, 0.6) is 5.75 Å². The quantitative estimate of drug-likeness (QED) is 0.477. The molecule has 4 amide bonds. The van der Waals surface area contributed by atoms with Gasteiger partial charge >= 0.3 is 17.8 Å². The first-order valence-corrected chi connectivity index (χ1v) is 5.51. The number of nitrogens with zero attached hydrogens (tertiary/aromatic N) is 2. The zero-order valence-electron chi connectivity index (χ0n) is 10.5. The van der Waals surface area contributed by atoms with Crippen LogP contribution in [0.2, 0.25) is 0 Å². The summed E-state index contributed by atoms with van der Waals surface area (Å²) in [5.74, 6) is -1.15. The van der Waals surface area contributed by atoms with E-state index in [0.717, 1.165) is 9.80 Å². The summed E-state index contributed by atoms with van der Waals surface area (Å²) in [5, 5.41) is 0. The van der Waals surface area contributed by atoms with Crippen LogP contribution < -0.4 is 10.5 Å². The Hall–Kier alpha value is -2.57. The molecule has 0 aliphatic carbocycles. The van der Waals surface area contributed by atoms with Crippen molar-refractivity contribution in [2.45, 2.75) is 6.54 Å². The van der Waals surface area contributed by atoms with E-state index in [4.69, 9.17) is 10.5 Å². The lowest BCUT2D eigenvalue weighted by Gasteiger charge is -2.14. The summed E-state index contributed by atoms with van der Waals surface area (Å²) in [7, 11) is 2.76. The van der Waals surface area contributed by atoms with E-state index < -0.39 is 17.8 Å². The number of amides is 4. The molecule has 1 fully saturated rings. The third-order valence-corrected chi connectivity index (χ3v) is 2.89. The lowest BCUT2D eigenvalue weighted by Crippen LogP contribution is -2.31. The van der Waals surface area contributed by atoms with Crippen LogP contribution in [0.1, 0.15) is 5.56 Å². The van der Waals surface area contributed by atoms with Crippen molar-refractivity contribution in [1.29, 1.82) is 0 Å². The van der Waals surface area contributed by atoms with E-state index in [1.807, 2.05) is 0 Å². The highest BCUT2D eigenvalue weighted by atomic mass is 16.5. The molecule has 1 heterocycles. The normalized spacial score (nSPS) is 15.4. The van der Waals surface area contributed by atoms with Gasteiger partial charge in [-0.25, -0.2) is 4.79 Å². The van der Waals surface area contributed by atoms with Crippen molar-refractivity contribution < 1.29 is 19.1 Å². The Bertz CT molecular complexity index is 570. The van der Waals surface area contributed by atoms with Crippen LogP contribution in [0.15, 0.2) is 18.2 Å². The molecule has 2 N–H and O–H groups in total. The van der Waals surface area contributed by atoms with Crippen LogP contribution in [0.3, 0.4) is 0 Å². The predicted molar refractivity (Wildman–Crippen MR) is 66.1 cm³/mol. The van der Waals surface area contributed by atoms with E-state index >= 15 is 0 Å². The van der Waals surface area contributed by atoms with Crippen molar-refractivity contribution >= 4 is 23.5 Å². The van der Waals surface area contributed by atoms with Gasteiger partial charge < -0.3 is 10.5 Å². The first-order valence-electron chi connectivity index (χ1n) is 5.51. The predicted octanol–water partition coefficient (Wildman–Crippen LogP) is 0.198. The van der Waals surface area contributed by atoms with E-state index in [1.54, 1.807) is 18.2 Å².